The van der Waals surface area contributed by atoms with Crippen molar-refractivity contribution in [2.45, 2.75) is 59.0 Å². The quantitative estimate of drug-likeness (QED) is 0.770. The summed E-state index contributed by atoms with van der Waals surface area (Å²) in [5.41, 5.74) is 0.683. The molecule has 2 rings (SSSR count). The zero-order valence-corrected chi connectivity index (χ0v) is 14.6. The lowest BCUT2D eigenvalue weighted by molar-refractivity contribution is 0.0546. The van der Waals surface area contributed by atoms with Crippen LogP contribution in [0.5, 0.6) is 0 Å². The fourth-order valence-electron chi connectivity index (χ4n) is 3.56. The molecule has 0 radical (unpaired) electrons. The molecule has 0 amide bonds. The summed E-state index contributed by atoms with van der Waals surface area (Å²) in [6.07, 6.45) is 1.39. The fourth-order valence-corrected chi connectivity index (χ4v) is 3.56. The predicted octanol–water partition coefficient (Wildman–Crippen LogP) is 2.52. The number of likely N-dealkylation sites (tertiary alicyclic amines) is 1. The van der Waals surface area contributed by atoms with Gasteiger partial charge in [-0.25, -0.2) is 0 Å². The van der Waals surface area contributed by atoms with Gasteiger partial charge in [-0.05, 0) is 60.4 Å². The van der Waals surface area contributed by atoms with Crippen molar-refractivity contribution in [2.24, 2.45) is 5.92 Å². The van der Waals surface area contributed by atoms with Crippen molar-refractivity contribution in [1.29, 1.82) is 0 Å². The van der Waals surface area contributed by atoms with Gasteiger partial charge in [0, 0.05) is 50.3 Å². The monoisotopic (exact) mass is 281 g/mol. The molecule has 1 atom stereocenters. The van der Waals surface area contributed by atoms with Crippen LogP contribution in [0.3, 0.4) is 0 Å². The summed E-state index contributed by atoms with van der Waals surface area (Å²) in [5, 5.41) is 0. The van der Waals surface area contributed by atoms with Gasteiger partial charge in [-0.15, -0.1) is 0 Å². The van der Waals surface area contributed by atoms with Crippen LogP contribution in [0.25, 0.3) is 0 Å². The van der Waals surface area contributed by atoms with E-state index in [1.807, 2.05) is 0 Å². The third kappa shape index (κ3) is 4.19. The van der Waals surface area contributed by atoms with Crippen LogP contribution in [0.2, 0.25) is 0 Å². The molecule has 2 fully saturated rings. The van der Waals surface area contributed by atoms with E-state index in [4.69, 9.17) is 0 Å². The smallest absolute Gasteiger partial charge is 0.0126 e. The van der Waals surface area contributed by atoms with Crippen LogP contribution >= 0.6 is 0 Å². The van der Waals surface area contributed by atoms with Crippen molar-refractivity contribution >= 4 is 0 Å². The van der Waals surface area contributed by atoms with E-state index in [0.29, 0.717) is 11.1 Å². The Morgan fingerprint density at radius 1 is 0.750 bits per heavy atom. The fraction of sp³-hybridized carbons (Fsp3) is 1.00. The second kappa shape index (κ2) is 5.94. The first-order valence-electron chi connectivity index (χ1n) is 8.39. The van der Waals surface area contributed by atoms with Crippen LogP contribution in [0.1, 0.15) is 48.0 Å². The van der Waals surface area contributed by atoms with Crippen LogP contribution in [-0.2, 0) is 0 Å². The molecule has 3 heteroatoms. The summed E-state index contributed by atoms with van der Waals surface area (Å²) in [7, 11) is 0. The highest BCUT2D eigenvalue weighted by molar-refractivity contribution is 4.88. The van der Waals surface area contributed by atoms with Gasteiger partial charge in [-0.2, -0.15) is 0 Å². The Hall–Kier alpha value is -0.120. The van der Waals surface area contributed by atoms with Crippen LogP contribution in [-0.4, -0.2) is 71.6 Å². The normalized spacial score (nSPS) is 28.2. The minimum Gasteiger partial charge on any atom is -0.300 e. The third-order valence-electron chi connectivity index (χ3n) is 5.07. The summed E-state index contributed by atoms with van der Waals surface area (Å²) in [5.74, 6) is 0.885. The lowest BCUT2D eigenvalue weighted by Gasteiger charge is -2.43. The van der Waals surface area contributed by atoms with Crippen LogP contribution < -0.4 is 0 Å². The number of hydrogen-bond acceptors (Lipinski definition) is 3. The maximum atomic E-state index is 2.69. The molecule has 2 heterocycles. The Bertz CT molecular complexity index is 305. The Kier molecular flexibility index (Phi) is 4.83. The molecule has 0 bridgehead atoms. The van der Waals surface area contributed by atoms with E-state index in [1.165, 1.54) is 52.2 Å². The third-order valence-corrected chi connectivity index (χ3v) is 5.07. The molecule has 2 aliphatic heterocycles. The molecule has 118 valence electrons. The highest BCUT2D eigenvalue weighted by Crippen LogP contribution is 2.25. The van der Waals surface area contributed by atoms with Gasteiger partial charge in [0.05, 0.1) is 0 Å². The van der Waals surface area contributed by atoms with Gasteiger partial charge < -0.3 is 4.90 Å². The highest BCUT2D eigenvalue weighted by atomic mass is 15.3. The van der Waals surface area contributed by atoms with E-state index >= 15 is 0 Å². The average Bonchev–Trinajstić information content (AvgIpc) is 2.77. The minimum absolute atomic E-state index is 0.336. The largest absolute Gasteiger partial charge is 0.300 e. The molecule has 0 saturated carbocycles. The van der Waals surface area contributed by atoms with Crippen molar-refractivity contribution in [3.8, 4) is 0 Å². The van der Waals surface area contributed by atoms with E-state index in [9.17, 15) is 0 Å². The van der Waals surface area contributed by atoms with Crippen LogP contribution in [0.15, 0.2) is 0 Å². The van der Waals surface area contributed by atoms with Crippen LogP contribution in [0, 0.1) is 5.92 Å². The van der Waals surface area contributed by atoms with Gasteiger partial charge in [0.25, 0.3) is 0 Å². The molecule has 3 nitrogen and oxygen atoms in total. The minimum atomic E-state index is 0.336. The molecule has 2 saturated heterocycles. The molecule has 0 aromatic heterocycles. The molecule has 0 N–H and O–H groups in total. The SMILES string of the molecule is CC(C)(C)N1CCN(CC2CCN(C(C)(C)C)C2)CC1. The zero-order valence-electron chi connectivity index (χ0n) is 14.6. The van der Waals surface area contributed by atoms with Gasteiger partial charge in [-0.1, -0.05) is 0 Å². The highest BCUT2D eigenvalue weighted by Gasteiger charge is 2.32. The second-order valence-corrected chi connectivity index (χ2v) is 8.73. The molecule has 0 spiro atoms. The first kappa shape index (κ1) is 16.3. The average molecular weight is 281 g/mol. The van der Waals surface area contributed by atoms with E-state index in [-0.39, 0.29) is 0 Å². The van der Waals surface area contributed by atoms with Crippen molar-refractivity contribution in [2.75, 3.05) is 45.8 Å². The maximum absolute atomic E-state index is 2.69. The van der Waals surface area contributed by atoms with Crippen molar-refractivity contribution < 1.29 is 0 Å². The van der Waals surface area contributed by atoms with Gasteiger partial charge >= 0.3 is 0 Å². The lowest BCUT2D eigenvalue weighted by Crippen LogP contribution is -2.54. The maximum Gasteiger partial charge on any atom is 0.0126 e. The molecular weight excluding hydrogens is 246 g/mol. The summed E-state index contributed by atoms with van der Waals surface area (Å²) >= 11 is 0. The molecular formula is C17H35N3. The number of rotatable bonds is 2. The van der Waals surface area contributed by atoms with Gasteiger partial charge in [-0.3, -0.25) is 9.80 Å². The van der Waals surface area contributed by atoms with Crippen molar-refractivity contribution in [1.82, 2.24) is 14.7 Å². The molecule has 1 unspecified atom stereocenters. The van der Waals surface area contributed by atoms with E-state index in [0.717, 1.165) is 5.92 Å². The van der Waals surface area contributed by atoms with E-state index in [2.05, 4.69) is 56.2 Å². The van der Waals surface area contributed by atoms with E-state index < -0.39 is 0 Å². The lowest BCUT2D eigenvalue weighted by atomic mass is 10.0. The molecule has 0 aromatic rings. The van der Waals surface area contributed by atoms with Gasteiger partial charge in [0.1, 0.15) is 0 Å². The Labute approximate surface area is 126 Å². The second-order valence-electron chi connectivity index (χ2n) is 8.73. The van der Waals surface area contributed by atoms with Crippen molar-refractivity contribution in [3.63, 3.8) is 0 Å². The first-order chi connectivity index (χ1) is 9.16. The first-order valence-corrected chi connectivity index (χ1v) is 8.39. The standard InChI is InChI=1S/C17H35N3/c1-16(2,3)19-11-9-18(10-12-19)13-15-7-8-20(14-15)17(4,5)6/h15H,7-14H2,1-6H3. The number of hydrogen-bond donors (Lipinski definition) is 0. The molecule has 2 aliphatic rings. The Morgan fingerprint density at radius 3 is 1.75 bits per heavy atom. The number of piperazine rings is 1. The Balaban J connectivity index is 1.74. The summed E-state index contributed by atoms with van der Waals surface area (Å²) in [6, 6.07) is 0. The topological polar surface area (TPSA) is 9.72 Å². The zero-order chi connectivity index (χ0) is 15.0. The van der Waals surface area contributed by atoms with Gasteiger partial charge in [0.15, 0.2) is 0 Å². The summed E-state index contributed by atoms with van der Waals surface area (Å²) in [4.78, 5) is 7.97. The summed E-state index contributed by atoms with van der Waals surface area (Å²) in [6.45, 7) is 22.9. The van der Waals surface area contributed by atoms with Crippen LogP contribution in [0.4, 0.5) is 0 Å². The van der Waals surface area contributed by atoms with Gasteiger partial charge in [0.2, 0.25) is 0 Å². The molecule has 0 aromatic carbocycles. The van der Waals surface area contributed by atoms with Crippen molar-refractivity contribution in [3.05, 3.63) is 0 Å². The summed E-state index contributed by atoms with van der Waals surface area (Å²) < 4.78 is 0. The predicted molar refractivity (Wildman–Crippen MR) is 87.2 cm³/mol. The Morgan fingerprint density at radius 2 is 1.30 bits per heavy atom. The molecule has 0 aliphatic carbocycles. The number of nitrogens with zero attached hydrogens (tertiary/aromatic N) is 3. The van der Waals surface area contributed by atoms with E-state index in [1.54, 1.807) is 0 Å². The molecule has 20 heavy (non-hydrogen) atoms.